The fourth-order valence-corrected chi connectivity index (χ4v) is 3.74. The van der Waals surface area contributed by atoms with Crippen molar-refractivity contribution in [2.24, 2.45) is 5.92 Å². The Labute approximate surface area is 174 Å². The Hall–Kier alpha value is -3.48. The average molecular weight is 404 g/mol. The summed E-state index contributed by atoms with van der Waals surface area (Å²) >= 11 is 0. The first-order valence-electron chi connectivity index (χ1n) is 10.2. The maximum Gasteiger partial charge on any atom is 0.276 e. The molecule has 0 radical (unpaired) electrons. The third-order valence-corrected chi connectivity index (χ3v) is 5.11. The molecule has 0 unspecified atom stereocenters. The Kier molecular flexibility index (Phi) is 5.35. The maximum atomic E-state index is 13.1. The van der Waals surface area contributed by atoms with Crippen molar-refractivity contribution in [3.05, 3.63) is 64.6 Å². The van der Waals surface area contributed by atoms with Crippen molar-refractivity contribution in [1.82, 2.24) is 9.78 Å². The van der Waals surface area contributed by atoms with Gasteiger partial charge < -0.3 is 10.2 Å². The number of anilines is 2. The summed E-state index contributed by atoms with van der Waals surface area (Å²) in [6, 6.07) is 14.2. The first kappa shape index (κ1) is 19.8. The molecule has 0 spiro atoms. The van der Waals surface area contributed by atoms with Gasteiger partial charge in [0.25, 0.3) is 11.5 Å². The van der Waals surface area contributed by atoms with Gasteiger partial charge in [0.15, 0.2) is 5.69 Å². The van der Waals surface area contributed by atoms with E-state index in [9.17, 15) is 14.4 Å². The average Bonchev–Trinajstić information content (AvgIpc) is 3.16. The molecular formula is C23H24N4O3. The largest absolute Gasteiger partial charge is 0.321 e. The number of fused-ring (bicyclic) bond motifs is 1. The van der Waals surface area contributed by atoms with Crippen LogP contribution >= 0.6 is 0 Å². The molecule has 0 bridgehead atoms. The van der Waals surface area contributed by atoms with E-state index in [2.05, 4.69) is 10.4 Å². The summed E-state index contributed by atoms with van der Waals surface area (Å²) < 4.78 is 1.36. The SMILES string of the molecule is CC(C)Cn1nc(C(=O)Nc2cccc(N3CCCC3=O)c2)c2ccccc2c1=O. The standard InChI is InChI=1S/C23H24N4O3/c1-15(2)14-27-23(30)19-10-4-3-9-18(19)21(25-27)22(29)24-16-7-5-8-17(13-16)26-12-6-11-20(26)28/h3-5,7-10,13,15H,6,11-12,14H2,1-2H3,(H,24,29). The fourth-order valence-electron chi connectivity index (χ4n) is 3.74. The van der Waals surface area contributed by atoms with Gasteiger partial charge in [-0.05, 0) is 36.6 Å². The van der Waals surface area contributed by atoms with Crippen LogP contribution in [0.25, 0.3) is 10.8 Å². The molecule has 0 aliphatic carbocycles. The molecule has 2 aromatic carbocycles. The molecule has 1 aliphatic heterocycles. The number of hydrogen-bond donors (Lipinski definition) is 1. The van der Waals surface area contributed by atoms with Crippen LogP contribution in [0.1, 0.15) is 37.2 Å². The van der Waals surface area contributed by atoms with E-state index in [0.717, 1.165) is 12.1 Å². The van der Waals surface area contributed by atoms with Gasteiger partial charge in [0.2, 0.25) is 5.91 Å². The number of amides is 2. The monoisotopic (exact) mass is 404 g/mol. The number of benzene rings is 2. The summed E-state index contributed by atoms with van der Waals surface area (Å²) in [5.74, 6) is -0.0949. The number of rotatable bonds is 5. The highest BCUT2D eigenvalue weighted by atomic mass is 16.2. The molecule has 30 heavy (non-hydrogen) atoms. The maximum absolute atomic E-state index is 13.1. The number of nitrogens with zero attached hydrogens (tertiary/aromatic N) is 3. The van der Waals surface area contributed by atoms with Gasteiger partial charge in [-0.1, -0.05) is 38.1 Å². The Morgan fingerprint density at radius 3 is 2.57 bits per heavy atom. The van der Waals surface area contributed by atoms with Crippen molar-refractivity contribution in [3.63, 3.8) is 0 Å². The molecule has 0 saturated carbocycles. The van der Waals surface area contributed by atoms with E-state index >= 15 is 0 Å². The molecule has 1 saturated heterocycles. The summed E-state index contributed by atoms with van der Waals surface area (Å²) in [4.78, 5) is 39.6. The summed E-state index contributed by atoms with van der Waals surface area (Å²) in [6.07, 6.45) is 1.38. The molecule has 1 aliphatic rings. The molecule has 154 valence electrons. The summed E-state index contributed by atoms with van der Waals surface area (Å²) in [6.45, 7) is 5.10. The van der Waals surface area contributed by atoms with Crippen molar-refractivity contribution < 1.29 is 9.59 Å². The van der Waals surface area contributed by atoms with Crippen LogP contribution in [0.2, 0.25) is 0 Å². The second-order valence-corrected chi connectivity index (χ2v) is 7.93. The van der Waals surface area contributed by atoms with Gasteiger partial charge in [-0.25, -0.2) is 4.68 Å². The molecule has 7 nitrogen and oxygen atoms in total. The lowest BCUT2D eigenvalue weighted by Gasteiger charge is -2.17. The Bertz CT molecular complexity index is 1180. The minimum Gasteiger partial charge on any atom is -0.321 e. The molecule has 4 rings (SSSR count). The second-order valence-electron chi connectivity index (χ2n) is 7.93. The van der Waals surface area contributed by atoms with Crippen LogP contribution in [-0.4, -0.2) is 28.1 Å². The normalized spacial score (nSPS) is 14.0. The lowest BCUT2D eigenvalue weighted by atomic mass is 10.1. The van der Waals surface area contributed by atoms with E-state index in [-0.39, 0.29) is 23.1 Å². The van der Waals surface area contributed by atoms with E-state index in [1.165, 1.54) is 4.68 Å². The Balaban J connectivity index is 1.69. The van der Waals surface area contributed by atoms with Crippen molar-refractivity contribution >= 4 is 34.0 Å². The molecule has 2 heterocycles. The Morgan fingerprint density at radius 2 is 1.87 bits per heavy atom. The molecule has 1 N–H and O–H groups in total. The lowest BCUT2D eigenvalue weighted by molar-refractivity contribution is -0.117. The third-order valence-electron chi connectivity index (χ3n) is 5.11. The zero-order valence-corrected chi connectivity index (χ0v) is 17.1. The summed E-state index contributed by atoms with van der Waals surface area (Å²) in [7, 11) is 0. The molecule has 0 atom stereocenters. The highest BCUT2D eigenvalue weighted by Gasteiger charge is 2.22. The van der Waals surface area contributed by atoms with Crippen molar-refractivity contribution in [2.75, 3.05) is 16.8 Å². The van der Waals surface area contributed by atoms with Gasteiger partial charge in [0.05, 0.1) is 5.39 Å². The topological polar surface area (TPSA) is 84.3 Å². The number of hydrogen-bond acceptors (Lipinski definition) is 4. The van der Waals surface area contributed by atoms with Crippen molar-refractivity contribution in [2.45, 2.75) is 33.2 Å². The zero-order valence-electron chi connectivity index (χ0n) is 17.1. The van der Waals surface area contributed by atoms with Crippen LogP contribution in [0, 0.1) is 5.92 Å². The minimum absolute atomic E-state index is 0.0897. The molecule has 3 aromatic rings. The number of nitrogens with one attached hydrogen (secondary N) is 1. The number of carbonyl (C=O) groups is 2. The van der Waals surface area contributed by atoms with Gasteiger partial charge in [-0.3, -0.25) is 14.4 Å². The van der Waals surface area contributed by atoms with E-state index in [1.807, 2.05) is 26.0 Å². The van der Waals surface area contributed by atoms with Crippen LogP contribution in [0.5, 0.6) is 0 Å². The van der Waals surface area contributed by atoms with Crippen molar-refractivity contribution in [3.8, 4) is 0 Å². The van der Waals surface area contributed by atoms with E-state index in [0.29, 0.717) is 36.0 Å². The summed E-state index contributed by atoms with van der Waals surface area (Å²) in [5, 5.41) is 8.24. The molecular weight excluding hydrogens is 380 g/mol. The zero-order chi connectivity index (χ0) is 21.3. The minimum atomic E-state index is -0.395. The first-order valence-corrected chi connectivity index (χ1v) is 10.2. The molecule has 2 amide bonds. The van der Waals surface area contributed by atoms with Gasteiger partial charge >= 0.3 is 0 Å². The second kappa shape index (κ2) is 8.10. The van der Waals surface area contributed by atoms with E-state index in [4.69, 9.17) is 0 Å². The first-order chi connectivity index (χ1) is 14.4. The van der Waals surface area contributed by atoms with Crippen molar-refractivity contribution in [1.29, 1.82) is 0 Å². The third kappa shape index (κ3) is 3.83. The number of carbonyl (C=O) groups excluding carboxylic acids is 2. The molecule has 7 heteroatoms. The Morgan fingerprint density at radius 1 is 1.10 bits per heavy atom. The van der Waals surface area contributed by atoms with Crippen LogP contribution in [0.3, 0.4) is 0 Å². The van der Waals surface area contributed by atoms with E-state index < -0.39 is 5.91 Å². The van der Waals surface area contributed by atoms with Gasteiger partial charge in [-0.2, -0.15) is 5.10 Å². The highest BCUT2D eigenvalue weighted by molar-refractivity contribution is 6.11. The van der Waals surface area contributed by atoms with Crippen LogP contribution in [0.4, 0.5) is 11.4 Å². The highest BCUT2D eigenvalue weighted by Crippen LogP contribution is 2.25. The lowest BCUT2D eigenvalue weighted by Crippen LogP contribution is -2.29. The number of aromatic nitrogens is 2. The van der Waals surface area contributed by atoms with E-state index in [1.54, 1.807) is 41.3 Å². The van der Waals surface area contributed by atoms with Gasteiger partial charge in [0.1, 0.15) is 0 Å². The predicted octanol–water partition coefficient (Wildman–Crippen LogP) is 3.43. The molecule has 1 aromatic heterocycles. The quantitative estimate of drug-likeness (QED) is 0.706. The fraction of sp³-hybridized carbons (Fsp3) is 0.304. The van der Waals surface area contributed by atoms with Gasteiger partial charge in [0, 0.05) is 36.3 Å². The smallest absolute Gasteiger partial charge is 0.276 e. The van der Waals surface area contributed by atoms with Crippen LogP contribution in [0.15, 0.2) is 53.3 Å². The molecule has 1 fully saturated rings. The predicted molar refractivity (Wildman–Crippen MR) is 117 cm³/mol. The summed E-state index contributed by atoms with van der Waals surface area (Å²) in [5.41, 5.74) is 1.33. The van der Waals surface area contributed by atoms with Crippen LogP contribution in [-0.2, 0) is 11.3 Å². The van der Waals surface area contributed by atoms with Crippen LogP contribution < -0.4 is 15.8 Å². The van der Waals surface area contributed by atoms with Gasteiger partial charge in [-0.15, -0.1) is 0 Å².